The fourth-order valence-electron chi connectivity index (χ4n) is 2.30. The number of anilines is 1. The number of nitro groups is 1. The summed E-state index contributed by atoms with van der Waals surface area (Å²) in [5.74, 6) is -0.212. The molecule has 7 nitrogen and oxygen atoms in total. The molecule has 0 saturated heterocycles. The van der Waals surface area contributed by atoms with Gasteiger partial charge >= 0.3 is 0 Å². The molecule has 3 rings (SSSR count). The third kappa shape index (κ3) is 3.62. The first-order valence-corrected chi connectivity index (χ1v) is 9.19. The van der Waals surface area contributed by atoms with Gasteiger partial charge in [-0.3, -0.25) is 14.9 Å². The maximum atomic E-state index is 12.3. The van der Waals surface area contributed by atoms with E-state index < -0.39 is 4.92 Å². The minimum atomic E-state index is -0.492. The SMILES string of the molecule is Cc1ccc([N+](=O)[O-])c(NC(=O)CSc2ncnc3sccc23)c1C. The fraction of sp³-hybridized carbons (Fsp3) is 0.188. The molecule has 25 heavy (non-hydrogen) atoms. The molecule has 9 heteroatoms. The topological polar surface area (TPSA) is 98.0 Å². The first-order valence-electron chi connectivity index (χ1n) is 7.33. The van der Waals surface area contributed by atoms with Crippen LogP contribution in [0.25, 0.3) is 10.2 Å². The Hall–Kier alpha value is -2.52. The Morgan fingerprint density at radius 3 is 2.88 bits per heavy atom. The fourth-order valence-corrected chi connectivity index (χ4v) is 3.88. The van der Waals surface area contributed by atoms with Crippen LogP contribution in [0.2, 0.25) is 0 Å². The Kier molecular flexibility index (Phi) is 4.95. The average Bonchev–Trinajstić information content (AvgIpc) is 3.06. The molecule has 3 aromatic rings. The van der Waals surface area contributed by atoms with E-state index in [1.807, 2.05) is 18.4 Å². The molecule has 1 N–H and O–H groups in total. The van der Waals surface area contributed by atoms with Crippen LogP contribution in [0, 0.1) is 24.0 Å². The minimum Gasteiger partial charge on any atom is -0.319 e. The van der Waals surface area contributed by atoms with Crippen LogP contribution in [-0.2, 0) is 4.79 Å². The van der Waals surface area contributed by atoms with Crippen molar-refractivity contribution in [1.29, 1.82) is 0 Å². The van der Waals surface area contributed by atoms with Gasteiger partial charge in [0.25, 0.3) is 5.69 Å². The minimum absolute atomic E-state index is 0.104. The Morgan fingerprint density at radius 2 is 2.12 bits per heavy atom. The predicted octanol–water partition coefficient (Wildman–Crippen LogP) is 3.95. The Balaban J connectivity index is 1.76. The van der Waals surface area contributed by atoms with Crippen molar-refractivity contribution < 1.29 is 9.72 Å². The monoisotopic (exact) mass is 374 g/mol. The first-order chi connectivity index (χ1) is 12.0. The van der Waals surface area contributed by atoms with Crippen molar-refractivity contribution in [2.75, 3.05) is 11.1 Å². The van der Waals surface area contributed by atoms with Crippen molar-refractivity contribution in [2.45, 2.75) is 18.9 Å². The summed E-state index contributed by atoms with van der Waals surface area (Å²) in [4.78, 5) is 32.2. The molecule has 1 amide bonds. The van der Waals surface area contributed by atoms with Crippen LogP contribution in [0.5, 0.6) is 0 Å². The van der Waals surface area contributed by atoms with Crippen LogP contribution >= 0.6 is 23.1 Å². The number of nitro benzene ring substituents is 1. The van der Waals surface area contributed by atoms with E-state index in [4.69, 9.17) is 0 Å². The number of carbonyl (C=O) groups excluding carboxylic acids is 1. The van der Waals surface area contributed by atoms with E-state index >= 15 is 0 Å². The molecule has 2 aromatic heterocycles. The van der Waals surface area contributed by atoms with E-state index in [2.05, 4.69) is 15.3 Å². The Bertz CT molecular complexity index is 971. The van der Waals surface area contributed by atoms with E-state index in [9.17, 15) is 14.9 Å². The maximum absolute atomic E-state index is 12.3. The smallest absolute Gasteiger partial charge is 0.293 e. The number of aromatic nitrogens is 2. The van der Waals surface area contributed by atoms with Gasteiger partial charge < -0.3 is 5.32 Å². The summed E-state index contributed by atoms with van der Waals surface area (Å²) in [5, 5.41) is 17.4. The molecule has 0 aliphatic heterocycles. The zero-order chi connectivity index (χ0) is 18.0. The van der Waals surface area contributed by atoms with Crippen LogP contribution in [0.3, 0.4) is 0 Å². The molecule has 0 unspecified atom stereocenters. The third-order valence-electron chi connectivity index (χ3n) is 3.74. The van der Waals surface area contributed by atoms with Gasteiger partial charge in [0.15, 0.2) is 0 Å². The second-order valence-electron chi connectivity index (χ2n) is 5.31. The van der Waals surface area contributed by atoms with Crippen molar-refractivity contribution in [3.05, 3.63) is 51.1 Å². The van der Waals surface area contributed by atoms with Gasteiger partial charge in [0.1, 0.15) is 21.9 Å². The second kappa shape index (κ2) is 7.16. The summed E-state index contributed by atoms with van der Waals surface area (Å²) in [5.41, 5.74) is 1.71. The Labute approximate surface area is 151 Å². The molecule has 128 valence electrons. The van der Waals surface area contributed by atoms with E-state index in [1.54, 1.807) is 13.0 Å². The van der Waals surface area contributed by atoms with Crippen molar-refractivity contribution in [2.24, 2.45) is 0 Å². The molecule has 0 aliphatic rings. The first kappa shape index (κ1) is 17.3. The van der Waals surface area contributed by atoms with Crippen LogP contribution < -0.4 is 5.32 Å². The van der Waals surface area contributed by atoms with Crippen LogP contribution in [0.4, 0.5) is 11.4 Å². The molecule has 0 saturated carbocycles. The lowest BCUT2D eigenvalue weighted by Crippen LogP contribution is -2.16. The van der Waals surface area contributed by atoms with E-state index in [-0.39, 0.29) is 23.0 Å². The number of benzene rings is 1. The van der Waals surface area contributed by atoms with E-state index in [1.165, 1.54) is 35.5 Å². The Morgan fingerprint density at radius 1 is 1.32 bits per heavy atom. The molecular weight excluding hydrogens is 360 g/mol. The van der Waals surface area contributed by atoms with Crippen molar-refractivity contribution in [1.82, 2.24) is 9.97 Å². The highest BCUT2D eigenvalue weighted by atomic mass is 32.2. The van der Waals surface area contributed by atoms with Gasteiger partial charge in [-0.1, -0.05) is 17.8 Å². The number of nitrogens with one attached hydrogen (secondary N) is 1. The average molecular weight is 374 g/mol. The van der Waals surface area contributed by atoms with Gasteiger partial charge in [0.2, 0.25) is 5.91 Å². The summed E-state index contributed by atoms with van der Waals surface area (Å²) in [7, 11) is 0. The maximum Gasteiger partial charge on any atom is 0.293 e. The van der Waals surface area contributed by atoms with Crippen molar-refractivity contribution in [3.63, 3.8) is 0 Å². The highest BCUT2D eigenvalue weighted by Crippen LogP contribution is 2.31. The second-order valence-corrected chi connectivity index (χ2v) is 7.17. The number of fused-ring (bicyclic) bond motifs is 1. The summed E-state index contributed by atoms with van der Waals surface area (Å²) < 4.78 is 0. The van der Waals surface area contributed by atoms with Crippen LogP contribution in [-0.4, -0.2) is 26.6 Å². The lowest BCUT2D eigenvalue weighted by Gasteiger charge is -2.11. The standard InChI is InChI=1S/C16H14N4O3S2/c1-9-3-4-12(20(22)23)14(10(9)2)19-13(21)7-25-16-11-5-6-24-15(11)17-8-18-16/h3-6,8H,7H2,1-2H3,(H,19,21). The van der Waals surface area contributed by atoms with Crippen molar-refractivity contribution in [3.8, 4) is 0 Å². The highest BCUT2D eigenvalue weighted by molar-refractivity contribution is 8.00. The number of hydrogen-bond acceptors (Lipinski definition) is 7. The number of amides is 1. The summed E-state index contributed by atoms with van der Waals surface area (Å²) in [6.07, 6.45) is 1.47. The third-order valence-corrected chi connectivity index (χ3v) is 5.57. The lowest BCUT2D eigenvalue weighted by molar-refractivity contribution is -0.384. The number of nitrogens with zero attached hydrogens (tertiary/aromatic N) is 3. The van der Waals surface area contributed by atoms with E-state index in [0.717, 1.165) is 20.8 Å². The lowest BCUT2D eigenvalue weighted by atomic mass is 10.1. The number of thiophene rings is 1. The predicted molar refractivity (Wildman–Crippen MR) is 99.3 cm³/mol. The quantitative estimate of drug-likeness (QED) is 0.314. The molecule has 0 spiro atoms. The number of rotatable bonds is 5. The number of hydrogen-bond donors (Lipinski definition) is 1. The van der Waals surface area contributed by atoms with Gasteiger partial charge in [-0.05, 0) is 36.4 Å². The summed E-state index contributed by atoms with van der Waals surface area (Å²) in [6.45, 7) is 3.60. The number of aryl methyl sites for hydroxylation is 1. The molecule has 1 aromatic carbocycles. The van der Waals surface area contributed by atoms with Crippen LogP contribution in [0.15, 0.2) is 34.9 Å². The summed E-state index contributed by atoms with van der Waals surface area (Å²) in [6, 6.07) is 4.99. The highest BCUT2D eigenvalue weighted by Gasteiger charge is 2.19. The molecular formula is C16H14N4O3S2. The zero-order valence-electron chi connectivity index (χ0n) is 13.5. The van der Waals surface area contributed by atoms with Crippen molar-refractivity contribution >= 4 is 50.6 Å². The van der Waals surface area contributed by atoms with E-state index in [0.29, 0.717) is 5.56 Å². The van der Waals surface area contributed by atoms with Gasteiger partial charge in [-0.25, -0.2) is 9.97 Å². The van der Waals surface area contributed by atoms with Gasteiger partial charge in [-0.15, -0.1) is 11.3 Å². The molecule has 2 heterocycles. The molecule has 0 atom stereocenters. The molecule has 0 radical (unpaired) electrons. The van der Waals surface area contributed by atoms with Gasteiger partial charge in [-0.2, -0.15) is 0 Å². The normalized spacial score (nSPS) is 10.8. The van der Waals surface area contributed by atoms with Gasteiger partial charge in [0, 0.05) is 11.5 Å². The molecule has 0 fully saturated rings. The largest absolute Gasteiger partial charge is 0.319 e. The zero-order valence-corrected chi connectivity index (χ0v) is 15.1. The summed E-state index contributed by atoms with van der Waals surface area (Å²) >= 11 is 2.79. The van der Waals surface area contributed by atoms with Crippen LogP contribution in [0.1, 0.15) is 11.1 Å². The molecule has 0 bridgehead atoms. The van der Waals surface area contributed by atoms with Gasteiger partial charge in [0.05, 0.1) is 10.7 Å². The number of thioether (sulfide) groups is 1. The number of carbonyl (C=O) groups is 1. The molecule has 0 aliphatic carbocycles.